The molecule has 0 amide bonds. The molecule has 0 saturated heterocycles. The summed E-state index contributed by atoms with van der Waals surface area (Å²) in [7, 11) is 3.30. The molecule has 1 atom stereocenters. The molecule has 1 heterocycles. The van der Waals surface area contributed by atoms with Gasteiger partial charge >= 0.3 is 0 Å². The van der Waals surface area contributed by atoms with Crippen LogP contribution in [0.2, 0.25) is 0 Å². The molecule has 4 nitrogen and oxygen atoms in total. The standard InChI is InChI=1S/C18H20BrNO3/c1-9(21)7-12-10(2)17(22-3)18(23-4)15-13-8-11(19)5-6-14(13)20-16(12)15/h5-6,8-9,20-21H,7H2,1-4H3/t9-/m0/s1. The fourth-order valence-electron chi connectivity index (χ4n) is 3.23. The lowest BCUT2D eigenvalue weighted by atomic mass is 9.97. The van der Waals surface area contributed by atoms with E-state index in [1.54, 1.807) is 21.1 Å². The number of aromatic nitrogens is 1. The van der Waals surface area contributed by atoms with Crippen LogP contribution in [-0.2, 0) is 6.42 Å². The Kier molecular flexibility index (Phi) is 4.25. The average molecular weight is 378 g/mol. The number of aromatic amines is 1. The second kappa shape index (κ2) is 6.06. The van der Waals surface area contributed by atoms with E-state index < -0.39 is 6.10 Å². The van der Waals surface area contributed by atoms with Gasteiger partial charge in [0.05, 0.1) is 31.2 Å². The lowest BCUT2D eigenvalue weighted by Crippen LogP contribution is -2.08. The molecule has 3 aromatic rings. The molecule has 0 bridgehead atoms. The highest BCUT2D eigenvalue weighted by molar-refractivity contribution is 9.10. The van der Waals surface area contributed by atoms with Gasteiger partial charge in [-0.05, 0) is 37.6 Å². The summed E-state index contributed by atoms with van der Waals surface area (Å²) < 4.78 is 12.3. The maximum atomic E-state index is 9.91. The second-order valence-electron chi connectivity index (χ2n) is 5.79. The third kappa shape index (κ3) is 2.58. The van der Waals surface area contributed by atoms with Gasteiger partial charge in [-0.1, -0.05) is 15.9 Å². The van der Waals surface area contributed by atoms with Crippen molar-refractivity contribution in [3.8, 4) is 11.5 Å². The van der Waals surface area contributed by atoms with Crippen LogP contribution in [0, 0.1) is 6.92 Å². The Morgan fingerprint density at radius 1 is 1.22 bits per heavy atom. The predicted molar refractivity (Wildman–Crippen MR) is 96.7 cm³/mol. The Balaban J connectivity index is 2.51. The van der Waals surface area contributed by atoms with E-state index in [0.717, 1.165) is 48.9 Å². The molecule has 2 aromatic carbocycles. The van der Waals surface area contributed by atoms with Crippen LogP contribution in [0.25, 0.3) is 21.8 Å². The smallest absolute Gasteiger partial charge is 0.171 e. The number of hydrogen-bond acceptors (Lipinski definition) is 3. The van der Waals surface area contributed by atoms with Crippen molar-refractivity contribution in [3.05, 3.63) is 33.8 Å². The summed E-state index contributed by atoms with van der Waals surface area (Å²) in [6.45, 7) is 3.79. The van der Waals surface area contributed by atoms with Gasteiger partial charge in [0.2, 0.25) is 0 Å². The van der Waals surface area contributed by atoms with Crippen molar-refractivity contribution in [2.24, 2.45) is 0 Å². The topological polar surface area (TPSA) is 54.5 Å². The van der Waals surface area contributed by atoms with Gasteiger partial charge in [-0.15, -0.1) is 0 Å². The van der Waals surface area contributed by atoms with Crippen LogP contribution < -0.4 is 9.47 Å². The highest BCUT2D eigenvalue weighted by Crippen LogP contribution is 2.45. The van der Waals surface area contributed by atoms with Crippen molar-refractivity contribution in [2.45, 2.75) is 26.4 Å². The maximum absolute atomic E-state index is 9.91. The molecular formula is C18H20BrNO3. The van der Waals surface area contributed by atoms with E-state index in [1.165, 1.54) is 0 Å². The number of methoxy groups -OCH3 is 2. The highest BCUT2D eigenvalue weighted by Gasteiger charge is 2.22. The van der Waals surface area contributed by atoms with Crippen molar-refractivity contribution in [2.75, 3.05) is 14.2 Å². The lowest BCUT2D eigenvalue weighted by Gasteiger charge is -2.17. The van der Waals surface area contributed by atoms with E-state index in [0.29, 0.717) is 6.42 Å². The number of nitrogens with one attached hydrogen (secondary N) is 1. The molecule has 0 radical (unpaired) electrons. The van der Waals surface area contributed by atoms with E-state index >= 15 is 0 Å². The summed E-state index contributed by atoms with van der Waals surface area (Å²) in [6.07, 6.45) is 0.115. The molecule has 1 aromatic heterocycles. The Hall–Kier alpha value is -1.72. The zero-order valence-corrected chi connectivity index (χ0v) is 15.2. The molecule has 23 heavy (non-hydrogen) atoms. The average Bonchev–Trinajstić information content (AvgIpc) is 2.87. The van der Waals surface area contributed by atoms with E-state index in [2.05, 4.69) is 27.0 Å². The summed E-state index contributed by atoms with van der Waals surface area (Å²) >= 11 is 3.53. The normalized spacial score (nSPS) is 12.8. The van der Waals surface area contributed by atoms with Gasteiger partial charge in [-0.25, -0.2) is 0 Å². The molecule has 0 unspecified atom stereocenters. The number of H-pyrrole nitrogens is 1. The van der Waals surface area contributed by atoms with Gasteiger partial charge in [-0.2, -0.15) is 0 Å². The molecule has 0 aliphatic carbocycles. The number of hydrogen-bond donors (Lipinski definition) is 2. The number of halogens is 1. The van der Waals surface area contributed by atoms with Crippen molar-refractivity contribution >= 4 is 37.7 Å². The summed E-state index contributed by atoms with van der Waals surface area (Å²) in [5, 5.41) is 12.0. The summed E-state index contributed by atoms with van der Waals surface area (Å²) in [4.78, 5) is 3.48. The van der Waals surface area contributed by atoms with Crippen LogP contribution in [0.4, 0.5) is 0 Å². The first-order chi connectivity index (χ1) is 11.0. The van der Waals surface area contributed by atoms with Crippen LogP contribution in [-0.4, -0.2) is 30.4 Å². The number of benzene rings is 2. The predicted octanol–water partition coefficient (Wildman–Crippen LogP) is 4.33. The summed E-state index contributed by atoms with van der Waals surface area (Å²) in [6, 6.07) is 6.10. The van der Waals surface area contributed by atoms with E-state index in [-0.39, 0.29) is 0 Å². The minimum Gasteiger partial charge on any atom is -0.493 e. The summed E-state index contributed by atoms with van der Waals surface area (Å²) in [5.41, 5.74) is 4.07. The van der Waals surface area contributed by atoms with Crippen LogP contribution >= 0.6 is 15.9 Å². The SMILES string of the molecule is COc1c(C)c(C[C@H](C)O)c2[nH]c3ccc(Br)cc3c2c1OC. The molecular weight excluding hydrogens is 358 g/mol. The number of aliphatic hydroxyl groups excluding tert-OH is 1. The van der Waals surface area contributed by atoms with Crippen molar-refractivity contribution in [1.82, 2.24) is 4.98 Å². The number of ether oxygens (including phenoxy) is 2. The molecule has 2 N–H and O–H groups in total. The van der Waals surface area contributed by atoms with E-state index in [1.807, 2.05) is 19.1 Å². The van der Waals surface area contributed by atoms with Crippen molar-refractivity contribution in [3.63, 3.8) is 0 Å². The van der Waals surface area contributed by atoms with Gasteiger partial charge in [0.25, 0.3) is 0 Å². The summed E-state index contributed by atoms with van der Waals surface area (Å²) in [5.74, 6) is 1.44. The van der Waals surface area contributed by atoms with E-state index in [9.17, 15) is 5.11 Å². The fourth-order valence-corrected chi connectivity index (χ4v) is 3.59. The van der Waals surface area contributed by atoms with Crippen molar-refractivity contribution < 1.29 is 14.6 Å². The largest absolute Gasteiger partial charge is 0.493 e. The van der Waals surface area contributed by atoms with Gasteiger partial charge in [-0.3, -0.25) is 0 Å². The minimum absolute atomic E-state index is 0.437. The third-order valence-electron chi connectivity index (χ3n) is 4.20. The fraction of sp³-hybridized carbons (Fsp3) is 0.333. The highest BCUT2D eigenvalue weighted by atomic mass is 79.9. The first kappa shape index (κ1) is 16.1. The molecule has 0 aliphatic heterocycles. The van der Waals surface area contributed by atoms with Gasteiger partial charge in [0.1, 0.15) is 0 Å². The Labute approximate surface area is 143 Å². The van der Waals surface area contributed by atoms with E-state index in [4.69, 9.17) is 9.47 Å². The Morgan fingerprint density at radius 3 is 2.52 bits per heavy atom. The lowest BCUT2D eigenvalue weighted by molar-refractivity contribution is 0.195. The maximum Gasteiger partial charge on any atom is 0.171 e. The zero-order valence-electron chi connectivity index (χ0n) is 13.7. The molecule has 5 heteroatoms. The Bertz CT molecular complexity index is 883. The molecule has 0 fully saturated rings. The second-order valence-corrected chi connectivity index (χ2v) is 6.70. The minimum atomic E-state index is -0.437. The molecule has 3 rings (SSSR count). The third-order valence-corrected chi connectivity index (χ3v) is 4.69. The number of aliphatic hydroxyl groups is 1. The first-order valence-corrected chi connectivity index (χ1v) is 8.29. The van der Waals surface area contributed by atoms with Gasteiger partial charge in [0.15, 0.2) is 11.5 Å². The van der Waals surface area contributed by atoms with Gasteiger partial charge in [0, 0.05) is 27.4 Å². The van der Waals surface area contributed by atoms with Crippen LogP contribution in [0.3, 0.4) is 0 Å². The number of rotatable bonds is 4. The quantitative estimate of drug-likeness (QED) is 0.711. The van der Waals surface area contributed by atoms with Crippen LogP contribution in [0.5, 0.6) is 11.5 Å². The monoisotopic (exact) mass is 377 g/mol. The first-order valence-electron chi connectivity index (χ1n) is 7.50. The Morgan fingerprint density at radius 2 is 1.91 bits per heavy atom. The molecule has 0 spiro atoms. The molecule has 0 saturated carbocycles. The number of fused-ring (bicyclic) bond motifs is 3. The zero-order chi connectivity index (χ0) is 16.7. The van der Waals surface area contributed by atoms with Crippen molar-refractivity contribution in [1.29, 1.82) is 0 Å². The molecule has 0 aliphatic rings. The van der Waals surface area contributed by atoms with Crippen LogP contribution in [0.1, 0.15) is 18.1 Å². The van der Waals surface area contributed by atoms with Crippen LogP contribution in [0.15, 0.2) is 22.7 Å². The van der Waals surface area contributed by atoms with Gasteiger partial charge < -0.3 is 19.6 Å². The molecule has 122 valence electrons.